The van der Waals surface area contributed by atoms with Gasteiger partial charge in [-0.2, -0.15) is 0 Å². The first kappa shape index (κ1) is 19.8. The molecule has 26 heavy (non-hydrogen) atoms. The molecule has 0 radical (unpaired) electrons. The van der Waals surface area contributed by atoms with Gasteiger partial charge in [0, 0.05) is 12.6 Å². The molecule has 1 heterocycles. The number of hydrogen-bond acceptors (Lipinski definition) is 3. The van der Waals surface area contributed by atoms with Gasteiger partial charge in [0.1, 0.15) is 23.9 Å². The van der Waals surface area contributed by atoms with E-state index in [1.165, 1.54) is 0 Å². The predicted molar refractivity (Wildman–Crippen MR) is 108 cm³/mol. The van der Waals surface area contributed by atoms with E-state index in [2.05, 4.69) is 24.5 Å². The zero-order valence-electron chi connectivity index (χ0n) is 16.5. The maximum Gasteiger partial charge on any atom is 0.148 e. The second kappa shape index (κ2) is 9.85. The summed E-state index contributed by atoms with van der Waals surface area (Å²) in [6.07, 6.45) is 0. The van der Waals surface area contributed by atoms with Gasteiger partial charge in [-0.1, -0.05) is 45.9 Å². The van der Waals surface area contributed by atoms with Crippen LogP contribution in [0.1, 0.15) is 40.4 Å². The van der Waals surface area contributed by atoms with Gasteiger partial charge in [0.2, 0.25) is 0 Å². The minimum absolute atomic E-state index is 0.454. The van der Waals surface area contributed by atoms with Gasteiger partial charge in [-0.15, -0.1) is 0 Å². The summed E-state index contributed by atoms with van der Waals surface area (Å²) >= 11 is 0. The Morgan fingerprint density at radius 2 is 1.69 bits per heavy atom. The van der Waals surface area contributed by atoms with Gasteiger partial charge in [0.05, 0.1) is 17.6 Å². The highest BCUT2D eigenvalue weighted by molar-refractivity contribution is 5.77. The highest BCUT2D eigenvalue weighted by atomic mass is 16.5. The summed E-state index contributed by atoms with van der Waals surface area (Å²) in [6.45, 7) is 12.4. The first-order chi connectivity index (χ1) is 12.7. The van der Waals surface area contributed by atoms with Crippen molar-refractivity contribution in [2.75, 3.05) is 6.61 Å². The highest BCUT2D eigenvalue weighted by Crippen LogP contribution is 2.24. The Balaban J connectivity index is 0.00000117. The molecule has 140 valence electrons. The Hall–Kier alpha value is -2.49. The normalized spacial score (nSPS) is 10.5. The summed E-state index contributed by atoms with van der Waals surface area (Å²) in [4.78, 5) is 4.76. The van der Waals surface area contributed by atoms with Crippen LogP contribution in [-0.2, 0) is 13.2 Å². The van der Waals surface area contributed by atoms with Gasteiger partial charge in [0.15, 0.2) is 0 Å². The van der Waals surface area contributed by atoms with Gasteiger partial charge in [-0.3, -0.25) is 0 Å². The third kappa shape index (κ3) is 5.01. The largest absolute Gasteiger partial charge is 0.494 e. The van der Waals surface area contributed by atoms with Gasteiger partial charge < -0.3 is 14.0 Å². The molecule has 0 fully saturated rings. The van der Waals surface area contributed by atoms with Crippen LogP contribution in [0.4, 0.5) is 0 Å². The summed E-state index contributed by atoms with van der Waals surface area (Å²) in [5, 5.41) is 0. The summed E-state index contributed by atoms with van der Waals surface area (Å²) in [6, 6.07) is 15.9. The minimum Gasteiger partial charge on any atom is -0.494 e. The van der Waals surface area contributed by atoms with Crippen molar-refractivity contribution in [3.8, 4) is 11.5 Å². The maximum absolute atomic E-state index is 5.91. The molecule has 0 spiro atoms. The number of benzene rings is 2. The fourth-order valence-electron chi connectivity index (χ4n) is 2.75. The number of para-hydroxylation sites is 1. The van der Waals surface area contributed by atoms with E-state index >= 15 is 0 Å². The Labute approximate surface area is 156 Å². The summed E-state index contributed by atoms with van der Waals surface area (Å²) < 4.78 is 13.8. The number of imidazole rings is 1. The van der Waals surface area contributed by atoms with E-state index in [4.69, 9.17) is 14.5 Å². The number of aromatic nitrogens is 2. The Kier molecular flexibility index (Phi) is 7.52. The molecule has 0 atom stereocenters. The van der Waals surface area contributed by atoms with Crippen molar-refractivity contribution in [2.45, 2.75) is 47.8 Å². The lowest BCUT2D eigenvalue weighted by Crippen LogP contribution is -2.11. The second-order valence-electron chi connectivity index (χ2n) is 6.22. The number of hydrogen-bond donors (Lipinski definition) is 0. The van der Waals surface area contributed by atoms with Crippen molar-refractivity contribution in [1.82, 2.24) is 9.55 Å². The predicted octanol–water partition coefficient (Wildman–Crippen LogP) is 5.70. The quantitative estimate of drug-likeness (QED) is 0.546. The molecule has 0 N–H and O–H groups in total. The van der Waals surface area contributed by atoms with Crippen LogP contribution >= 0.6 is 0 Å². The molecule has 0 amide bonds. The lowest BCUT2D eigenvalue weighted by molar-refractivity contribution is 0.287. The molecule has 0 bridgehead atoms. The average molecular weight is 354 g/mol. The van der Waals surface area contributed by atoms with Crippen molar-refractivity contribution in [3.05, 3.63) is 54.4 Å². The topological polar surface area (TPSA) is 36.3 Å². The zero-order chi connectivity index (χ0) is 18.9. The molecule has 2 aromatic carbocycles. The molecular formula is C22H30N2O2. The van der Waals surface area contributed by atoms with Crippen LogP contribution < -0.4 is 9.47 Å². The standard InChI is InChI=1S/C20H24N2O2.C2H6/c1-4-23-17-10-11-18-19(12-17)22(13-15(2)3)20(21-18)14-24-16-8-6-5-7-9-16;1-2/h5-12,15H,4,13-14H2,1-3H3;1-2H3. The second-order valence-corrected chi connectivity index (χ2v) is 6.22. The average Bonchev–Trinajstić information content (AvgIpc) is 2.99. The van der Waals surface area contributed by atoms with Crippen molar-refractivity contribution in [2.24, 2.45) is 5.92 Å². The molecule has 0 aliphatic heterocycles. The smallest absolute Gasteiger partial charge is 0.148 e. The number of ether oxygens (including phenoxy) is 2. The van der Waals surface area contributed by atoms with Crippen molar-refractivity contribution in [1.29, 1.82) is 0 Å². The SMILES string of the molecule is CC.CCOc1ccc2nc(COc3ccccc3)n(CC(C)C)c2c1. The molecule has 3 rings (SSSR count). The first-order valence-corrected chi connectivity index (χ1v) is 9.47. The van der Waals surface area contributed by atoms with Crippen LogP contribution in [0.2, 0.25) is 0 Å². The zero-order valence-corrected chi connectivity index (χ0v) is 16.5. The van der Waals surface area contributed by atoms with Crippen molar-refractivity contribution < 1.29 is 9.47 Å². The molecule has 0 saturated carbocycles. The number of nitrogens with zero attached hydrogens (tertiary/aromatic N) is 2. The van der Waals surface area contributed by atoms with E-state index in [1.54, 1.807) is 0 Å². The van der Waals surface area contributed by atoms with Gasteiger partial charge in [-0.05, 0) is 37.1 Å². The summed E-state index contributed by atoms with van der Waals surface area (Å²) in [7, 11) is 0. The fourth-order valence-corrected chi connectivity index (χ4v) is 2.75. The van der Waals surface area contributed by atoms with Crippen LogP contribution in [0, 0.1) is 5.92 Å². The van der Waals surface area contributed by atoms with Gasteiger partial charge in [-0.25, -0.2) is 4.98 Å². The van der Waals surface area contributed by atoms with E-state index in [0.717, 1.165) is 34.9 Å². The monoisotopic (exact) mass is 354 g/mol. The minimum atomic E-state index is 0.454. The van der Waals surface area contributed by atoms with E-state index in [1.807, 2.05) is 63.2 Å². The Morgan fingerprint density at radius 1 is 0.962 bits per heavy atom. The van der Waals surface area contributed by atoms with Crippen LogP contribution in [0.3, 0.4) is 0 Å². The fraction of sp³-hybridized carbons (Fsp3) is 0.409. The van der Waals surface area contributed by atoms with Crippen LogP contribution in [0.15, 0.2) is 48.5 Å². The lowest BCUT2D eigenvalue weighted by Gasteiger charge is -2.13. The molecule has 0 unspecified atom stereocenters. The molecule has 4 nitrogen and oxygen atoms in total. The van der Waals surface area contributed by atoms with Gasteiger partial charge in [0.25, 0.3) is 0 Å². The molecule has 3 aromatic rings. The maximum atomic E-state index is 5.91. The summed E-state index contributed by atoms with van der Waals surface area (Å²) in [5.41, 5.74) is 2.08. The van der Waals surface area contributed by atoms with E-state index in [0.29, 0.717) is 19.1 Å². The van der Waals surface area contributed by atoms with Crippen LogP contribution in [0.5, 0.6) is 11.5 Å². The Bertz CT molecular complexity index is 795. The van der Waals surface area contributed by atoms with Gasteiger partial charge >= 0.3 is 0 Å². The highest BCUT2D eigenvalue weighted by Gasteiger charge is 2.13. The number of rotatable bonds is 7. The molecule has 4 heteroatoms. The molecule has 1 aromatic heterocycles. The Morgan fingerprint density at radius 3 is 2.35 bits per heavy atom. The van der Waals surface area contributed by atoms with Crippen molar-refractivity contribution in [3.63, 3.8) is 0 Å². The molecule has 0 aliphatic carbocycles. The molecular weight excluding hydrogens is 324 g/mol. The summed E-state index contributed by atoms with van der Waals surface area (Å²) in [5.74, 6) is 3.20. The number of fused-ring (bicyclic) bond motifs is 1. The van der Waals surface area contributed by atoms with E-state index < -0.39 is 0 Å². The van der Waals surface area contributed by atoms with Crippen molar-refractivity contribution >= 4 is 11.0 Å². The third-order valence-electron chi connectivity index (χ3n) is 3.77. The van der Waals surface area contributed by atoms with E-state index in [9.17, 15) is 0 Å². The van der Waals surface area contributed by atoms with Crippen LogP contribution in [0.25, 0.3) is 11.0 Å². The molecule has 0 aliphatic rings. The van der Waals surface area contributed by atoms with Crippen LogP contribution in [-0.4, -0.2) is 16.2 Å². The third-order valence-corrected chi connectivity index (χ3v) is 3.77. The van der Waals surface area contributed by atoms with E-state index in [-0.39, 0.29) is 0 Å². The molecule has 0 saturated heterocycles. The first-order valence-electron chi connectivity index (χ1n) is 9.47. The lowest BCUT2D eigenvalue weighted by atomic mass is 10.2.